The lowest BCUT2D eigenvalue weighted by Gasteiger charge is -2.14. The Morgan fingerprint density at radius 3 is 1.97 bits per heavy atom. The molecular weight excluding hydrogens is 426 g/mol. The number of hydrogen-bond acceptors (Lipinski definition) is 5. The minimum absolute atomic E-state index is 0.597. The highest BCUT2D eigenvalue weighted by Crippen LogP contribution is 2.28. The van der Waals surface area contributed by atoms with Crippen molar-refractivity contribution in [3.05, 3.63) is 65.2 Å². The molecule has 0 amide bonds. The van der Waals surface area contributed by atoms with Crippen LogP contribution in [0.4, 0.5) is 0 Å². The van der Waals surface area contributed by atoms with Gasteiger partial charge in [0.15, 0.2) is 0 Å². The first-order chi connectivity index (χ1) is 16.5. The predicted octanol–water partition coefficient (Wildman–Crippen LogP) is 7.43. The largest absolute Gasteiger partial charge is 0.494 e. The lowest BCUT2D eigenvalue weighted by atomic mass is 10.1. The molecule has 34 heavy (non-hydrogen) atoms. The van der Waals surface area contributed by atoms with Gasteiger partial charge in [-0.1, -0.05) is 43.0 Å². The molecule has 0 aliphatic heterocycles. The second-order valence-electron chi connectivity index (χ2n) is 8.47. The number of nitrogens with zero attached hydrogens (tertiary/aromatic N) is 1. The molecule has 0 fully saturated rings. The monoisotopic (exact) mass is 467 g/mol. The van der Waals surface area contributed by atoms with E-state index in [1.165, 1.54) is 25.7 Å². The van der Waals surface area contributed by atoms with Crippen LogP contribution in [-0.2, 0) is 4.84 Å². The van der Waals surface area contributed by atoms with Gasteiger partial charge in [0, 0.05) is 0 Å². The Labute approximate surface area is 205 Å². The van der Waals surface area contributed by atoms with E-state index in [2.05, 4.69) is 31.1 Å². The van der Waals surface area contributed by atoms with Crippen LogP contribution < -0.4 is 14.2 Å². The van der Waals surface area contributed by atoms with Crippen molar-refractivity contribution in [3.63, 3.8) is 0 Å². The number of oxime groups is 1. The molecule has 0 unspecified atom stereocenters. The number of hydrogen-bond donors (Lipinski definition) is 0. The van der Waals surface area contributed by atoms with Crippen molar-refractivity contribution < 1.29 is 19.0 Å². The van der Waals surface area contributed by atoms with Gasteiger partial charge in [0.1, 0.15) is 31.0 Å². The van der Waals surface area contributed by atoms with Crippen molar-refractivity contribution >= 4 is 5.71 Å². The fraction of sp³-hybridized carbons (Fsp3) is 0.483. The third kappa shape index (κ3) is 9.90. The topological polar surface area (TPSA) is 49.3 Å². The summed E-state index contributed by atoms with van der Waals surface area (Å²) in [6, 6.07) is 12.1. The lowest BCUT2D eigenvalue weighted by Crippen LogP contribution is -2.02. The van der Waals surface area contributed by atoms with Crippen LogP contribution in [0.3, 0.4) is 0 Å². The van der Waals surface area contributed by atoms with E-state index >= 15 is 0 Å². The van der Waals surface area contributed by atoms with Crippen molar-refractivity contribution in [1.29, 1.82) is 0 Å². The van der Waals surface area contributed by atoms with Gasteiger partial charge in [-0.3, -0.25) is 0 Å². The van der Waals surface area contributed by atoms with Gasteiger partial charge in [-0.05, 0) is 93.6 Å². The van der Waals surface area contributed by atoms with Gasteiger partial charge in [0.05, 0.1) is 18.9 Å². The van der Waals surface area contributed by atoms with Crippen LogP contribution in [0.15, 0.2) is 53.7 Å². The molecule has 2 rings (SSSR count). The van der Waals surface area contributed by atoms with E-state index in [1.54, 1.807) is 7.11 Å². The third-order valence-electron chi connectivity index (χ3n) is 5.57. The van der Waals surface area contributed by atoms with Gasteiger partial charge in [-0.2, -0.15) is 0 Å². The van der Waals surface area contributed by atoms with Crippen LogP contribution in [0.5, 0.6) is 17.2 Å². The van der Waals surface area contributed by atoms with E-state index in [-0.39, 0.29) is 0 Å². The van der Waals surface area contributed by atoms with Crippen LogP contribution in [0.25, 0.3) is 0 Å². The van der Waals surface area contributed by atoms with Crippen LogP contribution in [0.2, 0.25) is 0 Å². The van der Waals surface area contributed by atoms with Crippen LogP contribution in [0, 0.1) is 13.8 Å². The van der Waals surface area contributed by atoms with E-state index in [1.807, 2.05) is 50.3 Å². The highest BCUT2D eigenvalue weighted by atomic mass is 16.6. The van der Waals surface area contributed by atoms with E-state index in [0.717, 1.165) is 65.7 Å². The first-order valence-electron chi connectivity index (χ1n) is 12.3. The minimum Gasteiger partial charge on any atom is -0.494 e. The van der Waals surface area contributed by atoms with Crippen molar-refractivity contribution in [2.24, 2.45) is 5.16 Å². The van der Waals surface area contributed by atoms with E-state index in [9.17, 15) is 0 Å². The number of benzene rings is 2. The Balaban J connectivity index is 1.54. The quantitative estimate of drug-likeness (QED) is 0.111. The van der Waals surface area contributed by atoms with Gasteiger partial charge in [0.25, 0.3) is 0 Å². The number of rotatable bonds is 16. The van der Waals surface area contributed by atoms with Crippen molar-refractivity contribution in [3.8, 4) is 17.2 Å². The summed E-state index contributed by atoms with van der Waals surface area (Å²) in [6.45, 7) is 10.2. The normalized spacial score (nSPS) is 11.6. The molecule has 0 bridgehead atoms. The van der Waals surface area contributed by atoms with Crippen LogP contribution >= 0.6 is 0 Å². The molecule has 2 aromatic rings. The molecule has 0 heterocycles. The Hall–Kier alpha value is -2.95. The summed E-state index contributed by atoms with van der Waals surface area (Å²) < 4.78 is 17.7. The molecule has 0 atom stereocenters. The fourth-order valence-corrected chi connectivity index (χ4v) is 3.72. The number of allylic oxidation sites excluding steroid dienone is 1. The van der Waals surface area contributed by atoms with Gasteiger partial charge in [0.2, 0.25) is 0 Å². The maximum Gasteiger partial charge on any atom is 0.125 e. The second-order valence-corrected chi connectivity index (χ2v) is 8.47. The Kier molecular flexibility index (Phi) is 12.7. The molecule has 0 spiro atoms. The predicted molar refractivity (Wildman–Crippen MR) is 141 cm³/mol. The first kappa shape index (κ1) is 27.3. The Morgan fingerprint density at radius 2 is 1.38 bits per heavy atom. The zero-order chi connectivity index (χ0) is 24.6. The smallest absolute Gasteiger partial charge is 0.125 e. The molecule has 0 saturated carbocycles. The maximum atomic E-state index is 6.08. The Morgan fingerprint density at radius 1 is 0.794 bits per heavy atom. The van der Waals surface area contributed by atoms with E-state index in [4.69, 9.17) is 19.0 Å². The molecule has 0 saturated heterocycles. The summed E-state index contributed by atoms with van der Waals surface area (Å²) in [5.74, 6) is 2.78. The third-order valence-corrected chi connectivity index (χ3v) is 5.57. The number of aryl methyl sites for hydroxylation is 2. The molecule has 5 heteroatoms. The molecule has 0 aliphatic carbocycles. The Bertz CT molecular complexity index is 880. The zero-order valence-corrected chi connectivity index (χ0v) is 21.6. The molecule has 5 nitrogen and oxygen atoms in total. The van der Waals surface area contributed by atoms with Gasteiger partial charge in [-0.25, -0.2) is 0 Å². The molecule has 0 aromatic heterocycles. The highest BCUT2D eigenvalue weighted by Gasteiger charge is 2.07. The standard InChI is InChI=1S/C29H41NO4/c1-6-7-18-33-28-21-23(2)29(24(3)22-28)34-20-13-11-9-8-10-12-19-32-27-16-14-26(15-17-27)25(4)30-31-5/h6-7,14-17,21-22H,8-13,18-20H2,1-5H3/b7-6+,30-25?. The van der Waals surface area contributed by atoms with Gasteiger partial charge >= 0.3 is 0 Å². The average molecular weight is 468 g/mol. The summed E-state index contributed by atoms with van der Waals surface area (Å²) in [6.07, 6.45) is 11.0. The first-order valence-corrected chi connectivity index (χ1v) is 12.3. The summed E-state index contributed by atoms with van der Waals surface area (Å²) in [5, 5.41) is 3.95. The molecule has 0 radical (unpaired) electrons. The summed E-state index contributed by atoms with van der Waals surface area (Å²) in [4.78, 5) is 4.81. The van der Waals surface area contributed by atoms with E-state index in [0.29, 0.717) is 6.61 Å². The lowest BCUT2D eigenvalue weighted by molar-refractivity contribution is 0.213. The van der Waals surface area contributed by atoms with Crippen molar-refractivity contribution in [2.45, 2.75) is 66.2 Å². The summed E-state index contributed by atoms with van der Waals surface area (Å²) >= 11 is 0. The van der Waals surface area contributed by atoms with E-state index < -0.39 is 0 Å². The molecule has 0 aliphatic rings. The maximum absolute atomic E-state index is 6.08. The minimum atomic E-state index is 0.597. The summed E-state index contributed by atoms with van der Waals surface area (Å²) in [5.41, 5.74) is 4.15. The highest BCUT2D eigenvalue weighted by molar-refractivity contribution is 5.98. The van der Waals surface area contributed by atoms with Crippen LogP contribution in [-0.4, -0.2) is 32.6 Å². The number of unbranched alkanes of at least 4 members (excludes halogenated alkanes) is 5. The fourth-order valence-electron chi connectivity index (χ4n) is 3.72. The number of ether oxygens (including phenoxy) is 3. The molecule has 0 N–H and O–H groups in total. The SMILES string of the molecule is C/C=C/COc1cc(C)c(OCCCCCCCCOc2ccc(C(C)=NOC)cc2)c(C)c1. The molecule has 186 valence electrons. The van der Waals surface area contributed by atoms with Crippen LogP contribution in [0.1, 0.15) is 69.1 Å². The van der Waals surface area contributed by atoms with Gasteiger partial charge in [-0.15, -0.1) is 0 Å². The summed E-state index contributed by atoms with van der Waals surface area (Å²) in [7, 11) is 1.56. The van der Waals surface area contributed by atoms with Gasteiger partial charge < -0.3 is 19.0 Å². The molecule has 2 aromatic carbocycles. The molecular formula is C29H41NO4. The zero-order valence-electron chi connectivity index (χ0n) is 21.6. The average Bonchev–Trinajstić information content (AvgIpc) is 2.82. The second kappa shape index (κ2) is 15.8. The van der Waals surface area contributed by atoms with Crippen molar-refractivity contribution in [1.82, 2.24) is 0 Å². The van der Waals surface area contributed by atoms with Crippen molar-refractivity contribution in [2.75, 3.05) is 26.9 Å².